The van der Waals surface area contributed by atoms with Crippen LogP contribution in [0.1, 0.15) is 12.0 Å². The van der Waals surface area contributed by atoms with Crippen LogP contribution >= 0.6 is 7.37 Å². The highest BCUT2D eigenvalue weighted by molar-refractivity contribution is 7.66. The molecule has 1 rings (SSSR count). The monoisotopic (exact) mass is 240 g/mol. The van der Waals surface area contributed by atoms with Gasteiger partial charge in [-0.1, -0.05) is 24.8 Å². The van der Waals surface area contributed by atoms with Crippen molar-refractivity contribution in [1.82, 2.24) is 0 Å². The molecule has 86 valence electrons. The van der Waals surface area contributed by atoms with Gasteiger partial charge in [-0.15, -0.1) is 0 Å². The van der Waals surface area contributed by atoms with Gasteiger partial charge in [0.05, 0.1) is 6.42 Å². The summed E-state index contributed by atoms with van der Waals surface area (Å²) in [4.78, 5) is 20.0. The summed E-state index contributed by atoms with van der Waals surface area (Å²) >= 11 is 0. The first kappa shape index (κ1) is 12.7. The fourth-order valence-corrected chi connectivity index (χ4v) is 2.59. The van der Waals surface area contributed by atoms with E-state index in [1.54, 1.807) is 18.2 Å². The Hall–Kier alpha value is -1.38. The summed E-state index contributed by atoms with van der Waals surface area (Å²) in [6, 6.07) is 6.40. The number of benzene rings is 1. The summed E-state index contributed by atoms with van der Waals surface area (Å²) < 4.78 is 11.8. The van der Waals surface area contributed by atoms with Crippen LogP contribution in [-0.4, -0.2) is 22.1 Å². The molecule has 0 saturated heterocycles. The first-order valence-electron chi connectivity index (χ1n) is 4.72. The van der Waals surface area contributed by atoms with Crippen LogP contribution < -0.4 is 5.30 Å². The average Bonchev–Trinajstić information content (AvgIpc) is 2.27. The van der Waals surface area contributed by atoms with Crippen molar-refractivity contribution in [1.29, 1.82) is 0 Å². The fraction of sp³-hybridized carbons (Fsp3) is 0.182. The molecule has 1 unspecified atom stereocenters. The van der Waals surface area contributed by atoms with E-state index < -0.39 is 13.3 Å². The van der Waals surface area contributed by atoms with Crippen molar-refractivity contribution in [3.8, 4) is 0 Å². The van der Waals surface area contributed by atoms with Crippen LogP contribution in [-0.2, 0) is 9.36 Å². The molecule has 0 aliphatic carbocycles. The molecule has 1 aromatic carbocycles. The van der Waals surface area contributed by atoms with Gasteiger partial charge in [0.15, 0.2) is 0 Å². The molecule has 0 fully saturated rings. The minimum Gasteiger partial charge on any atom is -0.481 e. The Labute approximate surface area is 93.7 Å². The van der Waals surface area contributed by atoms with Crippen LogP contribution in [0.2, 0.25) is 0 Å². The van der Waals surface area contributed by atoms with Crippen molar-refractivity contribution in [3.63, 3.8) is 0 Å². The molecular formula is C11H13O4P. The summed E-state index contributed by atoms with van der Waals surface area (Å²) in [7, 11) is -3.54. The predicted molar refractivity (Wildman–Crippen MR) is 63.1 cm³/mol. The molecule has 4 nitrogen and oxygen atoms in total. The third-order valence-corrected chi connectivity index (χ3v) is 4.10. The quantitative estimate of drug-likeness (QED) is 0.768. The SMILES string of the molecule is C=Cc1ccc(P(=O)(O)CCC(=O)O)cc1. The van der Waals surface area contributed by atoms with Gasteiger partial charge in [-0.2, -0.15) is 0 Å². The van der Waals surface area contributed by atoms with E-state index in [1.165, 1.54) is 12.1 Å². The number of hydrogen-bond acceptors (Lipinski definition) is 2. The van der Waals surface area contributed by atoms with E-state index in [1.807, 2.05) is 0 Å². The largest absolute Gasteiger partial charge is 0.481 e. The normalized spacial score (nSPS) is 14.1. The van der Waals surface area contributed by atoms with Crippen LogP contribution in [0.4, 0.5) is 0 Å². The van der Waals surface area contributed by atoms with Crippen molar-refractivity contribution in [3.05, 3.63) is 36.4 Å². The summed E-state index contributed by atoms with van der Waals surface area (Å²) in [6.07, 6.45) is 1.08. The van der Waals surface area contributed by atoms with Crippen molar-refractivity contribution in [2.24, 2.45) is 0 Å². The molecule has 0 amide bonds. The maximum absolute atomic E-state index is 11.8. The average molecular weight is 240 g/mol. The van der Waals surface area contributed by atoms with E-state index in [0.29, 0.717) is 0 Å². The standard InChI is InChI=1S/C11H13O4P/c1-2-9-3-5-10(6-4-9)16(14,15)8-7-11(12)13/h2-6H,1,7-8H2,(H,12,13)(H,14,15). The maximum atomic E-state index is 11.8. The molecule has 2 N–H and O–H groups in total. The predicted octanol–water partition coefficient (Wildman–Crippen LogP) is 1.70. The van der Waals surface area contributed by atoms with Gasteiger partial charge in [-0.3, -0.25) is 9.36 Å². The topological polar surface area (TPSA) is 74.6 Å². The van der Waals surface area contributed by atoms with Crippen LogP contribution in [0.15, 0.2) is 30.8 Å². The van der Waals surface area contributed by atoms with Crippen molar-refractivity contribution >= 4 is 24.7 Å². The Bertz CT molecular complexity index is 436. The summed E-state index contributed by atoms with van der Waals surface area (Å²) in [5, 5.41) is 8.74. The number of carboxylic acids is 1. The van der Waals surface area contributed by atoms with E-state index in [2.05, 4.69) is 6.58 Å². The minimum absolute atomic E-state index is 0.240. The number of aliphatic carboxylic acids is 1. The molecule has 16 heavy (non-hydrogen) atoms. The third-order valence-electron chi connectivity index (χ3n) is 2.16. The first-order chi connectivity index (χ1) is 7.45. The highest BCUT2D eigenvalue weighted by Crippen LogP contribution is 2.39. The van der Waals surface area contributed by atoms with E-state index in [9.17, 15) is 14.3 Å². The Kier molecular flexibility index (Phi) is 4.05. The van der Waals surface area contributed by atoms with Gasteiger partial charge in [-0.05, 0) is 17.7 Å². The molecule has 0 aliphatic rings. The zero-order valence-corrected chi connectivity index (χ0v) is 9.56. The second kappa shape index (κ2) is 5.10. The maximum Gasteiger partial charge on any atom is 0.303 e. The van der Waals surface area contributed by atoms with E-state index in [0.717, 1.165) is 5.56 Å². The Morgan fingerprint density at radius 2 is 1.94 bits per heavy atom. The lowest BCUT2D eigenvalue weighted by Crippen LogP contribution is -2.09. The molecule has 0 saturated carbocycles. The molecule has 1 aromatic rings. The number of carbonyl (C=O) groups is 1. The Morgan fingerprint density at radius 3 is 2.38 bits per heavy atom. The van der Waals surface area contributed by atoms with Crippen LogP contribution in [0.3, 0.4) is 0 Å². The lowest BCUT2D eigenvalue weighted by atomic mass is 10.2. The van der Waals surface area contributed by atoms with Gasteiger partial charge >= 0.3 is 5.97 Å². The van der Waals surface area contributed by atoms with Gasteiger partial charge < -0.3 is 10.00 Å². The Morgan fingerprint density at radius 1 is 1.38 bits per heavy atom. The summed E-state index contributed by atoms with van der Waals surface area (Å²) in [5.41, 5.74) is 0.849. The first-order valence-corrected chi connectivity index (χ1v) is 6.57. The fourth-order valence-electron chi connectivity index (χ4n) is 1.22. The van der Waals surface area contributed by atoms with Crippen LogP contribution in [0.25, 0.3) is 6.08 Å². The molecule has 0 aromatic heterocycles. The highest BCUT2D eigenvalue weighted by Gasteiger charge is 2.21. The smallest absolute Gasteiger partial charge is 0.303 e. The lowest BCUT2D eigenvalue weighted by Gasteiger charge is -2.10. The third kappa shape index (κ3) is 3.33. The molecule has 0 spiro atoms. The van der Waals surface area contributed by atoms with Gasteiger partial charge in [0.25, 0.3) is 0 Å². The number of hydrogen-bond donors (Lipinski definition) is 2. The minimum atomic E-state index is -3.54. The molecular weight excluding hydrogens is 227 g/mol. The number of carboxylic acid groups (broad SMARTS) is 1. The zero-order valence-electron chi connectivity index (χ0n) is 8.67. The molecule has 0 bridgehead atoms. The van der Waals surface area contributed by atoms with Crippen LogP contribution in [0.5, 0.6) is 0 Å². The van der Waals surface area contributed by atoms with Crippen molar-refractivity contribution in [2.45, 2.75) is 6.42 Å². The summed E-state index contributed by atoms with van der Waals surface area (Å²) in [5.74, 6) is -1.07. The van der Waals surface area contributed by atoms with Crippen molar-refractivity contribution in [2.75, 3.05) is 6.16 Å². The van der Waals surface area contributed by atoms with Gasteiger partial charge in [0.2, 0.25) is 7.37 Å². The molecule has 0 aliphatic heterocycles. The molecule has 0 heterocycles. The highest BCUT2D eigenvalue weighted by atomic mass is 31.2. The molecule has 1 atom stereocenters. The van der Waals surface area contributed by atoms with E-state index in [-0.39, 0.29) is 17.9 Å². The molecule has 5 heteroatoms. The second-order valence-electron chi connectivity index (χ2n) is 3.36. The second-order valence-corrected chi connectivity index (χ2v) is 5.73. The summed E-state index contributed by atoms with van der Waals surface area (Å²) in [6.45, 7) is 3.57. The molecule has 0 radical (unpaired) electrons. The van der Waals surface area contributed by atoms with E-state index >= 15 is 0 Å². The van der Waals surface area contributed by atoms with E-state index in [4.69, 9.17) is 5.11 Å². The van der Waals surface area contributed by atoms with Gasteiger partial charge in [0.1, 0.15) is 0 Å². The van der Waals surface area contributed by atoms with Gasteiger partial charge in [0, 0.05) is 11.5 Å². The van der Waals surface area contributed by atoms with Gasteiger partial charge in [-0.25, -0.2) is 0 Å². The Balaban J connectivity index is 2.85. The number of rotatable bonds is 5. The van der Waals surface area contributed by atoms with Crippen LogP contribution in [0, 0.1) is 0 Å². The zero-order chi connectivity index (χ0) is 12.2. The lowest BCUT2D eigenvalue weighted by molar-refractivity contribution is -0.136. The van der Waals surface area contributed by atoms with Crippen molar-refractivity contribution < 1.29 is 19.4 Å².